The van der Waals surface area contributed by atoms with Crippen molar-refractivity contribution in [2.24, 2.45) is 0 Å². The number of hydrogen-bond donors (Lipinski definition) is 2. The van der Waals surface area contributed by atoms with Crippen LogP contribution in [0.1, 0.15) is 49.7 Å². The Kier molecular flexibility index (Phi) is 12.0. The molecular weight excluding hydrogens is 486 g/mol. The summed E-state index contributed by atoms with van der Waals surface area (Å²) >= 11 is 0. The minimum atomic E-state index is -0.121. The van der Waals surface area contributed by atoms with Crippen LogP contribution in [0.2, 0.25) is 0 Å². The van der Waals surface area contributed by atoms with Gasteiger partial charge in [-0.05, 0) is 48.2 Å². The molecular formula is C33H44N3O3+. The number of ether oxygens (including phenoxy) is 1. The molecule has 39 heavy (non-hydrogen) atoms. The fourth-order valence-electron chi connectivity index (χ4n) is 4.42. The van der Waals surface area contributed by atoms with Crippen molar-refractivity contribution in [3.63, 3.8) is 0 Å². The number of carbonyl (C=O) groups is 2. The molecule has 0 aliphatic rings. The standard InChI is InChI=1S/C33H43N3O3/c1-36(2,3)31(25-27-15-9-7-10-16-27)33(38)34-24-14-6-4-5-13-19-32(37)35-29-20-22-30(23-21-29)39-26-28-17-11-8-12-18-28/h7-12,15-18,20-23,31H,4-6,13-14,19,24-26H2,1-3H3,(H-,34,35,37,38)/p+1/t31-/m0/s1. The largest absolute Gasteiger partial charge is 0.489 e. The minimum Gasteiger partial charge on any atom is -0.489 e. The number of nitrogens with zero attached hydrogens (tertiary/aromatic N) is 1. The van der Waals surface area contributed by atoms with Crippen LogP contribution >= 0.6 is 0 Å². The van der Waals surface area contributed by atoms with Crippen molar-refractivity contribution < 1.29 is 18.8 Å². The molecule has 0 radical (unpaired) electrons. The number of rotatable bonds is 16. The SMILES string of the molecule is C[N+](C)(C)[C@@H](Cc1ccccc1)C(=O)NCCCCCCCC(=O)Nc1ccc(OCc2ccccc2)cc1. The molecule has 0 aliphatic heterocycles. The van der Waals surface area contributed by atoms with Crippen LogP contribution in [0.25, 0.3) is 0 Å². The Morgan fingerprint density at radius 1 is 0.744 bits per heavy atom. The quantitative estimate of drug-likeness (QED) is 0.177. The van der Waals surface area contributed by atoms with Gasteiger partial charge < -0.3 is 19.9 Å². The van der Waals surface area contributed by atoms with E-state index in [1.807, 2.05) is 72.8 Å². The van der Waals surface area contributed by atoms with Gasteiger partial charge in [0.25, 0.3) is 5.91 Å². The van der Waals surface area contributed by atoms with E-state index in [0.29, 0.717) is 24.1 Å². The van der Waals surface area contributed by atoms with Crippen LogP contribution < -0.4 is 15.4 Å². The van der Waals surface area contributed by atoms with Crippen molar-refractivity contribution in [2.45, 2.75) is 57.6 Å². The van der Waals surface area contributed by atoms with Gasteiger partial charge in [-0.15, -0.1) is 0 Å². The van der Waals surface area contributed by atoms with Gasteiger partial charge in [0.05, 0.1) is 21.1 Å². The van der Waals surface area contributed by atoms with Crippen LogP contribution in [0.3, 0.4) is 0 Å². The molecule has 0 unspecified atom stereocenters. The van der Waals surface area contributed by atoms with E-state index < -0.39 is 0 Å². The summed E-state index contributed by atoms with van der Waals surface area (Å²) in [5.74, 6) is 0.918. The second-order valence-electron chi connectivity index (χ2n) is 11.0. The molecule has 3 aromatic rings. The van der Waals surface area contributed by atoms with Gasteiger partial charge in [-0.3, -0.25) is 9.59 Å². The summed E-state index contributed by atoms with van der Waals surface area (Å²) in [5, 5.41) is 6.10. The number of quaternary nitrogens is 1. The number of amides is 2. The summed E-state index contributed by atoms with van der Waals surface area (Å²) in [6.07, 6.45) is 6.14. The highest BCUT2D eigenvalue weighted by Crippen LogP contribution is 2.18. The molecule has 0 fully saturated rings. The molecule has 3 aromatic carbocycles. The van der Waals surface area contributed by atoms with Gasteiger partial charge in [0, 0.05) is 25.1 Å². The van der Waals surface area contributed by atoms with Crippen molar-refractivity contribution in [3.8, 4) is 5.75 Å². The molecule has 0 spiro atoms. The predicted octanol–water partition coefficient (Wildman–Crippen LogP) is 5.98. The zero-order chi connectivity index (χ0) is 27.9. The second-order valence-corrected chi connectivity index (χ2v) is 11.0. The highest BCUT2D eigenvalue weighted by Gasteiger charge is 2.31. The lowest BCUT2D eigenvalue weighted by atomic mass is 10.0. The first-order valence-electron chi connectivity index (χ1n) is 14.0. The topological polar surface area (TPSA) is 67.4 Å². The lowest BCUT2D eigenvalue weighted by Gasteiger charge is -2.33. The molecule has 0 saturated heterocycles. The van der Waals surface area contributed by atoms with E-state index in [4.69, 9.17) is 4.74 Å². The van der Waals surface area contributed by atoms with E-state index in [1.165, 1.54) is 5.56 Å². The minimum absolute atomic E-state index is 0.0324. The highest BCUT2D eigenvalue weighted by atomic mass is 16.5. The molecule has 6 heteroatoms. The van der Waals surface area contributed by atoms with Gasteiger partial charge in [0.2, 0.25) is 5.91 Å². The Bertz CT molecular complexity index is 1130. The van der Waals surface area contributed by atoms with E-state index in [1.54, 1.807) is 0 Å². The fourth-order valence-corrected chi connectivity index (χ4v) is 4.42. The van der Waals surface area contributed by atoms with E-state index in [0.717, 1.165) is 55.5 Å². The van der Waals surface area contributed by atoms with E-state index in [9.17, 15) is 9.59 Å². The Balaban J connectivity index is 1.25. The molecule has 0 aliphatic carbocycles. The zero-order valence-corrected chi connectivity index (χ0v) is 23.7. The van der Waals surface area contributed by atoms with E-state index in [-0.39, 0.29) is 17.9 Å². The summed E-state index contributed by atoms with van der Waals surface area (Å²) in [6.45, 7) is 1.21. The predicted molar refractivity (Wildman–Crippen MR) is 159 cm³/mol. The van der Waals surface area contributed by atoms with Crippen molar-refractivity contribution in [3.05, 3.63) is 96.1 Å². The van der Waals surface area contributed by atoms with Gasteiger partial charge in [-0.2, -0.15) is 0 Å². The Morgan fingerprint density at radius 2 is 1.33 bits per heavy atom. The van der Waals surface area contributed by atoms with Crippen LogP contribution in [0.5, 0.6) is 5.75 Å². The lowest BCUT2D eigenvalue weighted by molar-refractivity contribution is -0.886. The molecule has 6 nitrogen and oxygen atoms in total. The van der Waals surface area contributed by atoms with Gasteiger partial charge in [0.15, 0.2) is 6.04 Å². The Hall–Kier alpha value is -3.64. The molecule has 208 valence electrons. The summed E-state index contributed by atoms with van der Waals surface area (Å²) in [5.41, 5.74) is 3.08. The van der Waals surface area contributed by atoms with E-state index >= 15 is 0 Å². The molecule has 0 aromatic heterocycles. The molecule has 1 atom stereocenters. The number of hydrogen-bond acceptors (Lipinski definition) is 3. The third-order valence-electron chi connectivity index (χ3n) is 6.78. The zero-order valence-electron chi connectivity index (χ0n) is 23.7. The third kappa shape index (κ3) is 11.3. The summed E-state index contributed by atoms with van der Waals surface area (Å²) < 4.78 is 6.39. The van der Waals surface area contributed by atoms with Gasteiger partial charge >= 0.3 is 0 Å². The number of unbranched alkanes of at least 4 members (excludes halogenated alkanes) is 4. The van der Waals surface area contributed by atoms with Crippen molar-refractivity contribution in [2.75, 3.05) is 33.0 Å². The van der Waals surface area contributed by atoms with Crippen LogP contribution in [-0.4, -0.2) is 50.0 Å². The van der Waals surface area contributed by atoms with Gasteiger partial charge in [-0.1, -0.05) is 79.9 Å². The second kappa shape index (κ2) is 15.7. The summed E-state index contributed by atoms with van der Waals surface area (Å²) in [7, 11) is 6.21. The van der Waals surface area contributed by atoms with Gasteiger partial charge in [-0.25, -0.2) is 0 Å². The molecule has 2 N–H and O–H groups in total. The maximum Gasteiger partial charge on any atom is 0.278 e. The molecule has 0 saturated carbocycles. The number of anilines is 1. The number of likely N-dealkylation sites (N-methyl/N-ethyl adjacent to an activating group) is 1. The lowest BCUT2D eigenvalue weighted by Crippen LogP contribution is -2.55. The van der Waals surface area contributed by atoms with Crippen molar-refractivity contribution in [1.29, 1.82) is 0 Å². The van der Waals surface area contributed by atoms with Crippen molar-refractivity contribution in [1.82, 2.24) is 5.32 Å². The smallest absolute Gasteiger partial charge is 0.278 e. The Morgan fingerprint density at radius 3 is 1.97 bits per heavy atom. The average molecular weight is 531 g/mol. The number of benzene rings is 3. The van der Waals surface area contributed by atoms with Crippen LogP contribution in [-0.2, 0) is 22.6 Å². The first-order valence-corrected chi connectivity index (χ1v) is 14.0. The van der Waals surface area contributed by atoms with Crippen LogP contribution in [0, 0.1) is 0 Å². The normalized spacial score (nSPS) is 12.0. The highest BCUT2D eigenvalue weighted by molar-refractivity contribution is 5.90. The fraction of sp³-hybridized carbons (Fsp3) is 0.394. The maximum absolute atomic E-state index is 12.9. The van der Waals surface area contributed by atoms with Crippen LogP contribution in [0.4, 0.5) is 5.69 Å². The van der Waals surface area contributed by atoms with Gasteiger partial charge in [0.1, 0.15) is 12.4 Å². The van der Waals surface area contributed by atoms with E-state index in [2.05, 4.69) is 43.9 Å². The van der Waals surface area contributed by atoms with Crippen LogP contribution in [0.15, 0.2) is 84.9 Å². The first-order chi connectivity index (χ1) is 18.8. The Labute approximate surface area is 234 Å². The monoisotopic (exact) mass is 530 g/mol. The van der Waals surface area contributed by atoms with Crippen molar-refractivity contribution >= 4 is 17.5 Å². The molecule has 0 bridgehead atoms. The average Bonchev–Trinajstić information content (AvgIpc) is 2.93. The number of carbonyl (C=O) groups excluding carboxylic acids is 2. The first kappa shape index (κ1) is 29.9. The maximum atomic E-state index is 12.9. The molecule has 2 amide bonds. The third-order valence-corrected chi connectivity index (χ3v) is 6.78. The summed E-state index contributed by atoms with van der Waals surface area (Å²) in [6, 6.07) is 27.6. The molecule has 3 rings (SSSR count). The summed E-state index contributed by atoms with van der Waals surface area (Å²) in [4.78, 5) is 25.2. The molecule has 0 heterocycles. The number of nitrogens with one attached hydrogen (secondary N) is 2.